The van der Waals surface area contributed by atoms with Crippen LogP contribution in [-0.2, 0) is 18.4 Å². The maximum absolute atomic E-state index is 12.2. The molecule has 0 amide bonds. The van der Waals surface area contributed by atoms with Gasteiger partial charge in [-0.1, -0.05) is 0 Å². The molecule has 11 heteroatoms. The lowest BCUT2D eigenvalue weighted by Gasteiger charge is -2.22. The zero-order chi connectivity index (χ0) is 15.4. The summed E-state index contributed by atoms with van der Waals surface area (Å²) in [6.45, 7) is 0.978. The molecule has 19 heavy (non-hydrogen) atoms. The predicted octanol–water partition coefficient (Wildman–Crippen LogP) is 1.79. The standard InChI is InChI=1S/C8H9F6O4Si/c1-3-18-19(17-2)4(5(15)7(9,10)11)6(16)8(12,13)14/h4H,3H2,1-2H3. The van der Waals surface area contributed by atoms with Crippen LogP contribution in [0, 0.1) is 0 Å². The van der Waals surface area contributed by atoms with Crippen LogP contribution >= 0.6 is 0 Å². The van der Waals surface area contributed by atoms with Gasteiger partial charge >= 0.3 is 21.6 Å². The van der Waals surface area contributed by atoms with Gasteiger partial charge < -0.3 is 8.85 Å². The van der Waals surface area contributed by atoms with Gasteiger partial charge in [-0.25, -0.2) is 0 Å². The van der Waals surface area contributed by atoms with E-state index in [4.69, 9.17) is 0 Å². The van der Waals surface area contributed by atoms with E-state index < -0.39 is 38.7 Å². The van der Waals surface area contributed by atoms with Crippen LogP contribution in [-0.4, -0.2) is 46.9 Å². The van der Waals surface area contributed by atoms with E-state index in [-0.39, 0.29) is 6.61 Å². The number of hydrogen-bond donors (Lipinski definition) is 0. The molecule has 0 aliphatic heterocycles. The zero-order valence-electron chi connectivity index (χ0n) is 9.69. The number of hydrogen-bond acceptors (Lipinski definition) is 4. The van der Waals surface area contributed by atoms with Gasteiger partial charge in [-0.05, 0) is 6.92 Å². The van der Waals surface area contributed by atoms with Crippen LogP contribution in [0.3, 0.4) is 0 Å². The Morgan fingerprint density at radius 3 is 1.63 bits per heavy atom. The second-order valence-electron chi connectivity index (χ2n) is 3.11. The van der Waals surface area contributed by atoms with E-state index in [2.05, 4.69) is 8.85 Å². The normalized spacial score (nSPS) is 13.2. The van der Waals surface area contributed by atoms with Crippen LogP contribution in [0.5, 0.6) is 0 Å². The Kier molecular flexibility index (Phi) is 6.16. The number of Topliss-reactive ketones (excluding diaryl/α,β-unsaturated/α-hetero) is 2. The summed E-state index contributed by atoms with van der Waals surface area (Å²) in [7, 11) is -2.61. The number of carbonyl (C=O) groups excluding carboxylic acids is 2. The number of ketones is 2. The molecule has 4 nitrogen and oxygen atoms in total. The average molecular weight is 311 g/mol. The lowest BCUT2D eigenvalue weighted by atomic mass is 10.2. The molecule has 0 atom stereocenters. The van der Waals surface area contributed by atoms with Crippen molar-refractivity contribution in [2.75, 3.05) is 13.7 Å². The van der Waals surface area contributed by atoms with Crippen molar-refractivity contribution in [3.05, 3.63) is 0 Å². The van der Waals surface area contributed by atoms with Gasteiger partial charge in [0.05, 0.1) is 0 Å². The van der Waals surface area contributed by atoms with Crippen molar-refractivity contribution in [1.82, 2.24) is 0 Å². The smallest absolute Gasteiger partial charge is 0.396 e. The maximum Gasteiger partial charge on any atom is 0.450 e. The Labute approximate surface area is 105 Å². The van der Waals surface area contributed by atoms with E-state index in [9.17, 15) is 35.9 Å². The minimum Gasteiger partial charge on any atom is -0.396 e. The highest BCUT2D eigenvalue weighted by atomic mass is 28.3. The third kappa shape index (κ3) is 4.91. The molecule has 0 aromatic rings. The number of halogens is 6. The first-order chi connectivity index (χ1) is 8.46. The summed E-state index contributed by atoms with van der Waals surface area (Å²) >= 11 is 0. The van der Waals surface area contributed by atoms with Gasteiger partial charge in [-0.2, -0.15) is 26.3 Å². The van der Waals surface area contributed by atoms with Crippen molar-refractivity contribution in [2.45, 2.75) is 24.8 Å². The fraction of sp³-hybridized carbons (Fsp3) is 0.750. The molecule has 0 saturated carbocycles. The van der Waals surface area contributed by atoms with Gasteiger partial charge in [-0.15, -0.1) is 0 Å². The molecule has 0 aromatic carbocycles. The van der Waals surface area contributed by atoms with Crippen LogP contribution in [0.2, 0.25) is 5.54 Å². The fourth-order valence-corrected chi connectivity index (χ4v) is 2.62. The average Bonchev–Trinajstić information content (AvgIpc) is 2.25. The summed E-state index contributed by atoms with van der Waals surface area (Å²) < 4.78 is 82.2. The largest absolute Gasteiger partial charge is 0.450 e. The van der Waals surface area contributed by atoms with Gasteiger partial charge in [0.25, 0.3) is 0 Å². The topological polar surface area (TPSA) is 52.6 Å². The Balaban J connectivity index is 5.49. The molecule has 0 rings (SSSR count). The quantitative estimate of drug-likeness (QED) is 0.426. The molecule has 0 aliphatic carbocycles. The SMILES string of the molecule is CCO[Si](OC)C(C(=O)C(F)(F)F)C(=O)C(F)(F)F. The third-order valence-corrected chi connectivity index (χ3v) is 3.78. The summed E-state index contributed by atoms with van der Waals surface area (Å²) in [6, 6.07) is 0. The number of carbonyl (C=O) groups is 2. The Morgan fingerprint density at radius 2 is 1.42 bits per heavy atom. The molecule has 111 valence electrons. The highest BCUT2D eigenvalue weighted by Gasteiger charge is 2.58. The Hall–Kier alpha value is -0.943. The number of rotatable bonds is 6. The monoisotopic (exact) mass is 311 g/mol. The van der Waals surface area contributed by atoms with E-state index in [1.165, 1.54) is 6.92 Å². The van der Waals surface area contributed by atoms with E-state index in [1.54, 1.807) is 0 Å². The van der Waals surface area contributed by atoms with Crippen molar-refractivity contribution in [2.24, 2.45) is 0 Å². The van der Waals surface area contributed by atoms with Gasteiger partial charge in [0, 0.05) is 13.7 Å². The van der Waals surface area contributed by atoms with Gasteiger partial charge in [0.2, 0.25) is 11.6 Å². The van der Waals surface area contributed by atoms with Gasteiger partial charge in [0.1, 0.15) is 5.54 Å². The first-order valence-corrected chi connectivity index (χ1v) is 6.11. The summed E-state index contributed by atoms with van der Waals surface area (Å²) in [6.07, 6.45) is -11.2. The van der Waals surface area contributed by atoms with Crippen molar-refractivity contribution < 1.29 is 44.8 Å². The molecule has 0 spiro atoms. The van der Waals surface area contributed by atoms with Gasteiger partial charge in [-0.3, -0.25) is 9.59 Å². The summed E-state index contributed by atoms with van der Waals surface area (Å²) in [4.78, 5) is 21.9. The summed E-state index contributed by atoms with van der Waals surface area (Å²) in [5, 5.41) is 0. The van der Waals surface area contributed by atoms with E-state index in [1.807, 2.05) is 0 Å². The highest BCUT2D eigenvalue weighted by Crippen LogP contribution is 2.33. The molecule has 0 aliphatic rings. The molecule has 0 bridgehead atoms. The maximum atomic E-state index is 12.2. The minimum absolute atomic E-state index is 0.297. The minimum atomic E-state index is -5.59. The predicted molar refractivity (Wildman–Crippen MR) is 50.3 cm³/mol. The Morgan fingerprint density at radius 1 is 1.05 bits per heavy atom. The molecule has 0 fully saturated rings. The molecule has 0 N–H and O–H groups in total. The van der Waals surface area contributed by atoms with Crippen molar-refractivity contribution in [1.29, 1.82) is 0 Å². The fourth-order valence-electron chi connectivity index (χ4n) is 1.06. The Bertz CT molecular complexity index is 313. The molecule has 0 unspecified atom stereocenters. The second-order valence-corrected chi connectivity index (χ2v) is 5.03. The van der Waals surface area contributed by atoms with Crippen LogP contribution in [0.4, 0.5) is 26.3 Å². The van der Waals surface area contributed by atoms with Crippen LogP contribution in [0.25, 0.3) is 0 Å². The van der Waals surface area contributed by atoms with E-state index >= 15 is 0 Å². The molecular formula is C8H9F6O4Si. The number of alkyl halides is 6. The molecule has 0 saturated heterocycles. The van der Waals surface area contributed by atoms with Crippen LogP contribution in [0.1, 0.15) is 6.92 Å². The molecule has 0 heterocycles. The summed E-state index contributed by atoms with van der Waals surface area (Å²) in [5.41, 5.74) is -3.03. The third-order valence-electron chi connectivity index (χ3n) is 1.81. The second kappa shape index (κ2) is 6.48. The molecule has 0 aromatic heterocycles. The van der Waals surface area contributed by atoms with Crippen LogP contribution < -0.4 is 0 Å². The lowest BCUT2D eigenvalue weighted by Crippen LogP contribution is -2.47. The van der Waals surface area contributed by atoms with Crippen molar-refractivity contribution >= 4 is 20.9 Å². The highest BCUT2D eigenvalue weighted by molar-refractivity contribution is 6.59. The molecule has 1 radical (unpaired) electrons. The van der Waals surface area contributed by atoms with Crippen molar-refractivity contribution in [3.63, 3.8) is 0 Å². The van der Waals surface area contributed by atoms with E-state index in [0.717, 1.165) is 7.11 Å². The van der Waals surface area contributed by atoms with Crippen molar-refractivity contribution in [3.8, 4) is 0 Å². The molecular weight excluding hydrogens is 302 g/mol. The zero-order valence-corrected chi connectivity index (χ0v) is 10.7. The van der Waals surface area contributed by atoms with Gasteiger partial charge in [0.15, 0.2) is 0 Å². The lowest BCUT2D eigenvalue weighted by molar-refractivity contribution is -0.183. The van der Waals surface area contributed by atoms with E-state index in [0.29, 0.717) is 0 Å². The first kappa shape index (κ1) is 18.1. The first-order valence-electron chi connectivity index (χ1n) is 4.72. The summed E-state index contributed by atoms with van der Waals surface area (Å²) in [5.74, 6) is -5.64. The van der Waals surface area contributed by atoms with Crippen LogP contribution in [0.15, 0.2) is 0 Å².